The zero-order valence-electron chi connectivity index (χ0n) is 12.8. The van der Waals surface area contributed by atoms with Crippen molar-refractivity contribution in [3.05, 3.63) is 47.7 Å². The smallest absolute Gasteiger partial charge is 0.279 e. The van der Waals surface area contributed by atoms with Crippen LogP contribution in [0.1, 0.15) is 24.0 Å². The molecule has 1 amide bonds. The second kappa shape index (κ2) is 5.90. The fourth-order valence-electron chi connectivity index (χ4n) is 2.41. The number of alkyl halides is 3. The Morgan fingerprint density at radius 1 is 1.29 bits per heavy atom. The largest absolute Gasteiger partial charge is 0.416 e. The number of halogens is 3. The predicted molar refractivity (Wildman–Crippen MR) is 81.4 cm³/mol. The lowest BCUT2D eigenvalue weighted by Gasteiger charge is -2.18. The van der Waals surface area contributed by atoms with Crippen LogP contribution in [-0.4, -0.2) is 16.1 Å². The van der Waals surface area contributed by atoms with E-state index >= 15 is 0 Å². The predicted octanol–water partition coefficient (Wildman–Crippen LogP) is 4.21. The summed E-state index contributed by atoms with van der Waals surface area (Å²) in [5.41, 5.74) is 0.417. The number of rotatable bonds is 3. The van der Waals surface area contributed by atoms with E-state index in [1.807, 2.05) is 0 Å². The first-order valence-electron chi connectivity index (χ1n) is 7.44. The number of carbonyl (C=O) groups excluding carboxylic acids is 1. The Morgan fingerprint density at radius 2 is 2.00 bits per heavy atom. The number of aryl methyl sites for hydroxylation is 1. The summed E-state index contributed by atoms with van der Waals surface area (Å²) in [6.07, 6.45) is -1.63. The lowest BCUT2D eigenvalue weighted by atomic mass is 10.0. The van der Waals surface area contributed by atoms with Crippen molar-refractivity contribution in [1.82, 2.24) is 4.98 Å². The minimum absolute atomic E-state index is 0.0585. The molecule has 0 saturated heterocycles. The number of aromatic nitrogens is 1. The Balaban J connectivity index is 2.07. The van der Waals surface area contributed by atoms with Gasteiger partial charge in [0.25, 0.3) is 5.91 Å². The van der Waals surface area contributed by atoms with Crippen molar-refractivity contribution >= 4 is 11.7 Å². The molecule has 0 radical (unpaired) electrons. The Morgan fingerprint density at radius 3 is 2.62 bits per heavy atom. The van der Waals surface area contributed by atoms with Crippen molar-refractivity contribution in [2.24, 2.45) is 5.92 Å². The number of amides is 1. The van der Waals surface area contributed by atoms with Crippen molar-refractivity contribution in [2.75, 3.05) is 5.06 Å². The van der Waals surface area contributed by atoms with Crippen LogP contribution < -0.4 is 5.06 Å². The molecule has 126 valence electrons. The highest BCUT2D eigenvalue weighted by Crippen LogP contribution is 2.37. The van der Waals surface area contributed by atoms with Crippen LogP contribution in [0, 0.1) is 12.8 Å². The fraction of sp³-hybridized carbons (Fsp3) is 0.294. The highest BCUT2D eigenvalue weighted by atomic mass is 19.4. The Labute approximate surface area is 136 Å². The van der Waals surface area contributed by atoms with Gasteiger partial charge in [-0.25, -0.2) is 4.98 Å². The zero-order valence-corrected chi connectivity index (χ0v) is 12.8. The van der Waals surface area contributed by atoms with Gasteiger partial charge in [-0.2, -0.15) is 18.2 Å². The summed E-state index contributed by atoms with van der Waals surface area (Å²) in [5, 5.41) is 10.6. The monoisotopic (exact) mass is 336 g/mol. The molecule has 1 aliphatic carbocycles. The minimum Gasteiger partial charge on any atom is -0.279 e. The standard InChI is InChI=1S/C17H15F3N2O2/c1-10-7-14(12-3-2-4-13(8-12)17(18,19)20)15(21-9-10)22(24)16(23)11-5-6-11/h2-4,7-9,11,24H,5-6H2,1H3. The summed E-state index contributed by atoms with van der Waals surface area (Å²) < 4.78 is 38.8. The highest BCUT2D eigenvalue weighted by Gasteiger charge is 2.35. The van der Waals surface area contributed by atoms with Gasteiger partial charge in [0.1, 0.15) is 0 Å². The molecule has 0 atom stereocenters. The van der Waals surface area contributed by atoms with Gasteiger partial charge in [-0.15, -0.1) is 0 Å². The second-order valence-corrected chi connectivity index (χ2v) is 5.89. The molecule has 1 heterocycles. The maximum Gasteiger partial charge on any atom is 0.416 e. The van der Waals surface area contributed by atoms with Gasteiger partial charge in [-0.05, 0) is 49.1 Å². The SMILES string of the molecule is Cc1cnc(N(O)C(=O)C2CC2)c(-c2cccc(C(F)(F)F)c2)c1. The molecule has 0 spiro atoms. The van der Waals surface area contributed by atoms with Crippen LogP contribution in [0.5, 0.6) is 0 Å². The van der Waals surface area contributed by atoms with E-state index in [4.69, 9.17) is 0 Å². The summed E-state index contributed by atoms with van der Waals surface area (Å²) in [5.74, 6) is -0.788. The maximum atomic E-state index is 12.9. The van der Waals surface area contributed by atoms with E-state index in [1.165, 1.54) is 18.3 Å². The molecule has 1 saturated carbocycles. The first kappa shape index (κ1) is 16.4. The average molecular weight is 336 g/mol. The number of nitrogens with zero attached hydrogens (tertiary/aromatic N) is 2. The van der Waals surface area contributed by atoms with Gasteiger partial charge >= 0.3 is 6.18 Å². The quantitative estimate of drug-likeness (QED) is 0.675. The fourth-order valence-corrected chi connectivity index (χ4v) is 2.41. The Kier molecular flexibility index (Phi) is 4.04. The second-order valence-electron chi connectivity index (χ2n) is 5.89. The van der Waals surface area contributed by atoms with Crippen molar-refractivity contribution in [1.29, 1.82) is 0 Å². The van der Waals surface area contributed by atoms with Crippen LogP contribution in [0.4, 0.5) is 19.0 Å². The van der Waals surface area contributed by atoms with E-state index in [1.54, 1.807) is 13.0 Å². The first-order chi connectivity index (χ1) is 11.3. The molecule has 4 nitrogen and oxygen atoms in total. The van der Waals surface area contributed by atoms with Crippen molar-refractivity contribution < 1.29 is 23.2 Å². The number of hydroxylamine groups is 1. The molecule has 1 fully saturated rings. The summed E-state index contributed by atoms with van der Waals surface area (Å²) in [6.45, 7) is 1.73. The third kappa shape index (κ3) is 3.26. The molecule has 24 heavy (non-hydrogen) atoms. The first-order valence-corrected chi connectivity index (χ1v) is 7.44. The van der Waals surface area contributed by atoms with Gasteiger partial charge in [-0.3, -0.25) is 10.0 Å². The third-order valence-corrected chi connectivity index (χ3v) is 3.84. The highest BCUT2D eigenvalue weighted by molar-refractivity contribution is 5.96. The molecule has 2 aromatic rings. The molecule has 1 aromatic carbocycles. The van der Waals surface area contributed by atoms with Crippen LogP contribution in [0.15, 0.2) is 36.5 Å². The summed E-state index contributed by atoms with van der Waals surface area (Å²) in [7, 11) is 0. The summed E-state index contributed by atoms with van der Waals surface area (Å²) in [4.78, 5) is 16.1. The van der Waals surface area contributed by atoms with E-state index in [0.717, 1.165) is 12.1 Å². The van der Waals surface area contributed by atoms with Crippen LogP contribution >= 0.6 is 0 Å². The molecule has 0 bridgehead atoms. The van der Waals surface area contributed by atoms with Crippen LogP contribution in [0.2, 0.25) is 0 Å². The van der Waals surface area contributed by atoms with Crippen LogP contribution in [0.25, 0.3) is 11.1 Å². The summed E-state index contributed by atoms with van der Waals surface area (Å²) >= 11 is 0. The van der Waals surface area contributed by atoms with E-state index in [-0.39, 0.29) is 22.9 Å². The number of anilines is 1. The van der Waals surface area contributed by atoms with Crippen molar-refractivity contribution in [2.45, 2.75) is 25.9 Å². The topological polar surface area (TPSA) is 53.4 Å². The Bertz CT molecular complexity index is 786. The van der Waals surface area contributed by atoms with Gasteiger partial charge < -0.3 is 0 Å². The molecule has 1 N–H and O–H groups in total. The molecule has 1 aliphatic rings. The lowest BCUT2D eigenvalue weighted by molar-refractivity contribution is -0.137. The van der Waals surface area contributed by atoms with Crippen molar-refractivity contribution in [3.63, 3.8) is 0 Å². The van der Waals surface area contributed by atoms with Crippen LogP contribution in [0.3, 0.4) is 0 Å². The third-order valence-electron chi connectivity index (χ3n) is 3.84. The number of carbonyl (C=O) groups is 1. The van der Waals surface area contributed by atoms with E-state index in [9.17, 15) is 23.2 Å². The molecule has 0 aliphatic heterocycles. The number of benzene rings is 1. The van der Waals surface area contributed by atoms with Gasteiger partial charge in [0.05, 0.1) is 5.56 Å². The molecule has 1 aromatic heterocycles. The normalized spacial score (nSPS) is 14.5. The molecule has 7 heteroatoms. The van der Waals surface area contributed by atoms with Gasteiger partial charge in [0, 0.05) is 17.7 Å². The molecule has 3 rings (SSSR count). The van der Waals surface area contributed by atoms with Crippen molar-refractivity contribution in [3.8, 4) is 11.1 Å². The Hall–Kier alpha value is -2.41. The zero-order chi connectivity index (χ0) is 17.5. The lowest BCUT2D eigenvalue weighted by Crippen LogP contribution is -2.29. The van der Waals surface area contributed by atoms with E-state index < -0.39 is 17.6 Å². The van der Waals surface area contributed by atoms with Gasteiger partial charge in [0.15, 0.2) is 5.82 Å². The van der Waals surface area contributed by atoms with Gasteiger partial charge in [-0.1, -0.05) is 12.1 Å². The number of hydrogen-bond donors (Lipinski definition) is 1. The number of pyridine rings is 1. The number of hydrogen-bond acceptors (Lipinski definition) is 3. The maximum absolute atomic E-state index is 12.9. The van der Waals surface area contributed by atoms with E-state index in [0.29, 0.717) is 23.5 Å². The van der Waals surface area contributed by atoms with E-state index in [2.05, 4.69) is 4.98 Å². The van der Waals surface area contributed by atoms with Gasteiger partial charge in [0.2, 0.25) is 0 Å². The van der Waals surface area contributed by atoms with Crippen LogP contribution in [-0.2, 0) is 11.0 Å². The molecule has 0 unspecified atom stereocenters. The molecular weight excluding hydrogens is 321 g/mol. The average Bonchev–Trinajstić information content (AvgIpc) is 3.37. The summed E-state index contributed by atoms with van der Waals surface area (Å²) in [6, 6.07) is 6.33. The molecular formula is C17H15F3N2O2. The minimum atomic E-state index is -4.48.